The summed E-state index contributed by atoms with van der Waals surface area (Å²) in [5, 5.41) is 12.1. The standard InChI is InChI=1S/C12H17N3.C7H6O2/c1-3-11(9-13-6-1)15-8-5-12(10-15)4-2-7-14-12;8-7(9)6-4-2-1-3-5-6/h1,3,6,9,14H,2,4-5,7-8,10H2;1-5H,(H,8,9)/t12-;/m1./s1. The number of aromatic carboxylic acids is 1. The summed E-state index contributed by atoms with van der Waals surface area (Å²) in [5.74, 6) is -0.879. The maximum atomic E-state index is 10.2. The number of carboxylic acid groups (broad SMARTS) is 1. The quantitative estimate of drug-likeness (QED) is 0.889. The molecule has 0 saturated carbocycles. The van der Waals surface area contributed by atoms with Gasteiger partial charge >= 0.3 is 5.97 Å². The number of aromatic nitrogens is 1. The van der Waals surface area contributed by atoms with Gasteiger partial charge in [-0.1, -0.05) is 18.2 Å². The number of carboxylic acids is 1. The fourth-order valence-electron chi connectivity index (χ4n) is 3.43. The van der Waals surface area contributed by atoms with E-state index in [0.717, 1.165) is 6.54 Å². The first kappa shape index (κ1) is 16.5. The molecule has 4 rings (SSSR count). The third-order valence-corrected chi connectivity index (χ3v) is 4.72. The lowest BCUT2D eigenvalue weighted by Gasteiger charge is -2.25. The van der Waals surface area contributed by atoms with E-state index in [0.29, 0.717) is 11.1 Å². The Kier molecular flexibility index (Phi) is 5.11. The Morgan fingerprint density at radius 2 is 2.00 bits per heavy atom. The summed E-state index contributed by atoms with van der Waals surface area (Å²) in [7, 11) is 0. The molecule has 0 unspecified atom stereocenters. The monoisotopic (exact) mass is 325 g/mol. The molecule has 1 aromatic carbocycles. The summed E-state index contributed by atoms with van der Waals surface area (Å²) in [4.78, 5) is 16.8. The third-order valence-electron chi connectivity index (χ3n) is 4.72. The van der Waals surface area contributed by atoms with Crippen molar-refractivity contribution < 1.29 is 9.90 Å². The van der Waals surface area contributed by atoms with E-state index < -0.39 is 5.97 Å². The fourth-order valence-corrected chi connectivity index (χ4v) is 3.43. The van der Waals surface area contributed by atoms with Gasteiger partial charge in [0.05, 0.1) is 17.4 Å². The van der Waals surface area contributed by atoms with Gasteiger partial charge in [0.1, 0.15) is 0 Å². The van der Waals surface area contributed by atoms with Gasteiger partial charge < -0.3 is 15.3 Å². The molecule has 1 spiro atoms. The lowest BCUT2D eigenvalue weighted by molar-refractivity contribution is 0.0697. The highest BCUT2D eigenvalue weighted by Crippen LogP contribution is 2.32. The third kappa shape index (κ3) is 3.92. The molecule has 0 aliphatic carbocycles. The topological polar surface area (TPSA) is 65.5 Å². The molecular weight excluding hydrogens is 302 g/mol. The maximum Gasteiger partial charge on any atom is 0.335 e. The van der Waals surface area contributed by atoms with Gasteiger partial charge in [-0.25, -0.2) is 4.79 Å². The number of rotatable bonds is 2. The van der Waals surface area contributed by atoms with E-state index in [1.165, 1.54) is 38.0 Å². The van der Waals surface area contributed by atoms with Crippen LogP contribution in [0.15, 0.2) is 54.9 Å². The van der Waals surface area contributed by atoms with Gasteiger partial charge in [-0.2, -0.15) is 0 Å². The average Bonchev–Trinajstić information content (AvgIpc) is 3.27. The molecule has 2 aliphatic rings. The second kappa shape index (κ2) is 7.45. The van der Waals surface area contributed by atoms with Crippen molar-refractivity contribution in [3.05, 3.63) is 60.4 Å². The fraction of sp³-hybridized carbons (Fsp3) is 0.368. The molecule has 2 aliphatic heterocycles. The summed E-state index contributed by atoms with van der Waals surface area (Å²) in [6.07, 6.45) is 7.75. The van der Waals surface area contributed by atoms with Crippen molar-refractivity contribution in [2.45, 2.75) is 24.8 Å². The van der Waals surface area contributed by atoms with Crippen LogP contribution < -0.4 is 10.2 Å². The Bertz CT molecular complexity index is 655. The molecule has 5 nitrogen and oxygen atoms in total. The number of benzene rings is 1. The smallest absolute Gasteiger partial charge is 0.335 e. The van der Waals surface area contributed by atoms with Crippen LogP contribution in [0, 0.1) is 0 Å². The minimum Gasteiger partial charge on any atom is -0.478 e. The molecule has 5 heteroatoms. The molecule has 1 aromatic heterocycles. The van der Waals surface area contributed by atoms with Crippen LogP contribution in [0.4, 0.5) is 5.69 Å². The largest absolute Gasteiger partial charge is 0.478 e. The minimum atomic E-state index is -0.879. The number of nitrogens with zero attached hydrogens (tertiary/aromatic N) is 2. The van der Waals surface area contributed by atoms with Gasteiger partial charge in [0, 0.05) is 24.8 Å². The van der Waals surface area contributed by atoms with Crippen LogP contribution >= 0.6 is 0 Å². The molecular formula is C19H23N3O2. The van der Waals surface area contributed by atoms with Gasteiger partial charge in [0.25, 0.3) is 0 Å². The van der Waals surface area contributed by atoms with Gasteiger partial charge in [0.15, 0.2) is 0 Å². The zero-order chi connectivity index (χ0) is 16.8. The van der Waals surface area contributed by atoms with Crippen molar-refractivity contribution in [3.8, 4) is 0 Å². The summed E-state index contributed by atoms with van der Waals surface area (Å²) in [5.41, 5.74) is 2.01. The molecule has 2 aromatic rings. The molecule has 2 N–H and O–H groups in total. The first-order valence-electron chi connectivity index (χ1n) is 8.37. The number of hydrogen-bond donors (Lipinski definition) is 2. The molecule has 24 heavy (non-hydrogen) atoms. The molecule has 2 fully saturated rings. The van der Waals surface area contributed by atoms with Gasteiger partial charge in [-0.15, -0.1) is 0 Å². The number of hydrogen-bond acceptors (Lipinski definition) is 4. The van der Waals surface area contributed by atoms with Crippen LogP contribution in [0.3, 0.4) is 0 Å². The van der Waals surface area contributed by atoms with Gasteiger partial charge in [0.2, 0.25) is 0 Å². The maximum absolute atomic E-state index is 10.2. The van der Waals surface area contributed by atoms with Gasteiger partial charge in [-0.3, -0.25) is 4.98 Å². The summed E-state index contributed by atoms with van der Waals surface area (Å²) in [6, 6.07) is 12.5. The molecule has 0 radical (unpaired) electrons. The predicted octanol–water partition coefficient (Wildman–Crippen LogP) is 2.80. The van der Waals surface area contributed by atoms with Crippen LogP contribution in [0.25, 0.3) is 0 Å². The Morgan fingerprint density at radius 3 is 2.58 bits per heavy atom. The van der Waals surface area contributed by atoms with E-state index >= 15 is 0 Å². The van der Waals surface area contributed by atoms with Crippen molar-refractivity contribution in [3.63, 3.8) is 0 Å². The van der Waals surface area contributed by atoms with Crippen LogP contribution in [0.1, 0.15) is 29.6 Å². The number of nitrogens with one attached hydrogen (secondary N) is 1. The summed E-state index contributed by atoms with van der Waals surface area (Å²) < 4.78 is 0. The highest BCUT2D eigenvalue weighted by Gasteiger charge is 2.39. The van der Waals surface area contributed by atoms with Crippen molar-refractivity contribution >= 4 is 11.7 Å². The van der Waals surface area contributed by atoms with Crippen molar-refractivity contribution in [1.82, 2.24) is 10.3 Å². The SMILES string of the molecule is O=C(O)c1ccccc1.c1cncc(N2CC[C@]3(CCCN3)C2)c1. The van der Waals surface area contributed by atoms with Crippen LogP contribution in [-0.2, 0) is 0 Å². The summed E-state index contributed by atoms with van der Waals surface area (Å²) in [6.45, 7) is 3.51. The minimum absolute atomic E-state index is 0.331. The average molecular weight is 325 g/mol. The highest BCUT2D eigenvalue weighted by molar-refractivity contribution is 5.87. The van der Waals surface area contributed by atoms with E-state index in [2.05, 4.69) is 21.3 Å². The number of carbonyl (C=O) groups is 1. The second-order valence-electron chi connectivity index (χ2n) is 6.36. The van der Waals surface area contributed by atoms with E-state index in [-0.39, 0.29) is 0 Å². The highest BCUT2D eigenvalue weighted by atomic mass is 16.4. The van der Waals surface area contributed by atoms with E-state index in [1.807, 2.05) is 18.5 Å². The summed E-state index contributed by atoms with van der Waals surface area (Å²) >= 11 is 0. The van der Waals surface area contributed by atoms with E-state index in [9.17, 15) is 4.79 Å². The first-order valence-corrected chi connectivity index (χ1v) is 8.37. The predicted molar refractivity (Wildman–Crippen MR) is 94.4 cm³/mol. The lowest BCUT2D eigenvalue weighted by atomic mass is 9.97. The normalized spacial score (nSPS) is 22.2. The molecule has 0 bridgehead atoms. The molecule has 0 amide bonds. The van der Waals surface area contributed by atoms with E-state index in [1.54, 1.807) is 30.3 Å². The zero-order valence-corrected chi connectivity index (χ0v) is 13.7. The van der Waals surface area contributed by atoms with Gasteiger partial charge in [-0.05, 0) is 50.1 Å². The zero-order valence-electron chi connectivity index (χ0n) is 13.7. The first-order chi connectivity index (χ1) is 11.7. The van der Waals surface area contributed by atoms with Crippen molar-refractivity contribution in [1.29, 1.82) is 0 Å². The Morgan fingerprint density at radius 1 is 1.17 bits per heavy atom. The van der Waals surface area contributed by atoms with E-state index in [4.69, 9.17) is 5.11 Å². The second-order valence-corrected chi connectivity index (χ2v) is 6.36. The molecule has 2 saturated heterocycles. The van der Waals surface area contributed by atoms with Crippen LogP contribution in [0.2, 0.25) is 0 Å². The van der Waals surface area contributed by atoms with Crippen molar-refractivity contribution in [2.75, 3.05) is 24.5 Å². The Balaban J connectivity index is 0.000000162. The number of anilines is 1. The van der Waals surface area contributed by atoms with Crippen LogP contribution in [0.5, 0.6) is 0 Å². The number of pyridine rings is 1. The Labute approximate surface area is 142 Å². The Hall–Kier alpha value is -2.40. The lowest BCUT2D eigenvalue weighted by Crippen LogP contribution is -2.42. The molecule has 126 valence electrons. The van der Waals surface area contributed by atoms with Crippen LogP contribution in [-0.4, -0.2) is 41.2 Å². The molecule has 1 atom stereocenters. The van der Waals surface area contributed by atoms with Crippen molar-refractivity contribution in [2.24, 2.45) is 0 Å². The molecule has 3 heterocycles.